The van der Waals surface area contributed by atoms with Gasteiger partial charge in [-0.3, -0.25) is 9.59 Å². The number of ether oxygens (including phenoxy) is 1. The zero-order valence-electron chi connectivity index (χ0n) is 6.96. The minimum absolute atomic E-state index is 0.142. The molecule has 12 heavy (non-hydrogen) atoms. The standard InChI is InChI=1S/C8H9NO3/c1-5(10)8(6(2)11)7-3-12-4-9-7/h4H,3H2,1-2H3. The molecular weight excluding hydrogens is 158 g/mol. The smallest absolute Gasteiger partial charge is 0.174 e. The Balaban J connectivity index is 3.06. The summed E-state index contributed by atoms with van der Waals surface area (Å²) < 4.78 is 4.78. The quantitative estimate of drug-likeness (QED) is 0.341. The fourth-order valence-corrected chi connectivity index (χ4v) is 1.05. The number of Topliss-reactive ketones (excluding diaryl/α,β-unsaturated/α-hetero) is 2. The van der Waals surface area contributed by atoms with E-state index in [9.17, 15) is 9.59 Å². The first-order valence-electron chi connectivity index (χ1n) is 3.52. The molecule has 4 heteroatoms. The normalized spacial score (nSPS) is 14.3. The molecule has 1 rings (SSSR count). The van der Waals surface area contributed by atoms with Crippen LogP contribution in [0.2, 0.25) is 0 Å². The third-order valence-corrected chi connectivity index (χ3v) is 1.50. The van der Waals surface area contributed by atoms with Gasteiger partial charge in [0.1, 0.15) is 6.61 Å². The molecule has 0 saturated heterocycles. The van der Waals surface area contributed by atoms with E-state index in [1.54, 1.807) is 0 Å². The highest BCUT2D eigenvalue weighted by molar-refractivity contribution is 6.19. The Morgan fingerprint density at radius 1 is 1.42 bits per heavy atom. The van der Waals surface area contributed by atoms with Gasteiger partial charge in [0.2, 0.25) is 0 Å². The van der Waals surface area contributed by atoms with Gasteiger partial charge >= 0.3 is 0 Å². The lowest BCUT2D eigenvalue weighted by molar-refractivity contribution is -0.119. The Labute approximate surface area is 69.9 Å². The van der Waals surface area contributed by atoms with E-state index in [1.165, 1.54) is 20.2 Å². The van der Waals surface area contributed by atoms with E-state index in [1.807, 2.05) is 0 Å². The van der Waals surface area contributed by atoms with Crippen LogP contribution in [-0.4, -0.2) is 24.6 Å². The van der Waals surface area contributed by atoms with Crippen LogP contribution in [0.1, 0.15) is 13.8 Å². The van der Waals surface area contributed by atoms with Gasteiger partial charge in [-0.15, -0.1) is 0 Å². The molecule has 1 aliphatic rings. The molecule has 0 spiro atoms. The fourth-order valence-electron chi connectivity index (χ4n) is 1.05. The molecule has 0 aromatic rings. The summed E-state index contributed by atoms with van der Waals surface area (Å²) in [6, 6.07) is 0. The minimum atomic E-state index is -0.264. The van der Waals surface area contributed by atoms with E-state index >= 15 is 0 Å². The molecule has 0 N–H and O–H groups in total. The first-order chi connectivity index (χ1) is 5.63. The summed E-state index contributed by atoms with van der Waals surface area (Å²) in [5.74, 6) is -0.527. The molecule has 0 amide bonds. The van der Waals surface area contributed by atoms with E-state index in [2.05, 4.69) is 4.99 Å². The number of hydrogen-bond donors (Lipinski definition) is 0. The second-order valence-corrected chi connectivity index (χ2v) is 2.48. The van der Waals surface area contributed by atoms with Gasteiger partial charge in [0.05, 0.1) is 11.3 Å². The lowest BCUT2D eigenvalue weighted by atomic mass is 10.1. The van der Waals surface area contributed by atoms with Gasteiger partial charge in [-0.2, -0.15) is 0 Å². The summed E-state index contributed by atoms with van der Waals surface area (Å²) in [5, 5.41) is 0. The van der Waals surface area contributed by atoms with Gasteiger partial charge in [0.15, 0.2) is 18.0 Å². The Morgan fingerprint density at radius 3 is 2.33 bits per heavy atom. The first-order valence-corrected chi connectivity index (χ1v) is 3.52. The molecule has 1 heterocycles. The Morgan fingerprint density at radius 2 is 2.00 bits per heavy atom. The van der Waals surface area contributed by atoms with Gasteiger partial charge in [-0.1, -0.05) is 0 Å². The number of carbonyl (C=O) groups is 2. The Bertz CT molecular complexity index is 273. The van der Waals surface area contributed by atoms with Crippen LogP contribution in [0.15, 0.2) is 16.3 Å². The van der Waals surface area contributed by atoms with Crippen molar-refractivity contribution in [2.45, 2.75) is 13.8 Å². The average molecular weight is 167 g/mol. The summed E-state index contributed by atoms with van der Waals surface area (Å²) in [6.07, 6.45) is 1.24. The number of allylic oxidation sites excluding steroid dienone is 1. The molecule has 0 fully saturated rings. The maximum absolute atomic E-state index is 11.0. The predicted molar refractivity (Wildman–Crippen MR) is 42.8 cm³/mol. The van der Waals surface area contributed by atoms with Gasteiger partial charge in [-0.05, 0) is 13.8 Å². The molecule has 1 aliphatic heterocycles. The summed E-state index contributed by atoms with van der Waals surface area (Å²) in [4.78, 5) is 25.7. The van der Waals surface area contributed by atoms with Crippen LogP contribution in [0.5, 0.6) is 0 Å². The molecule has 0 bridgehead atoms. The van der Waals surface area contributed by atoms with Crippen LogP contribution in [0.3, 0.4) is 0 Å². The molecule has 0 atom stereocenters. The maximum atomic E-state index is 11.0. The maximum Gasteiger partial charge on any atom is 0.174 e. The molecular formula is C8H9NO3. The van der Waals surface area contributed by atoms with Crippen molar-refractivity contribution >= 4 is 18.0 Å². The lowest BCUT2D eigenvalue weighted by Crippen LogP contribution is -2.09. The van der Waals surface area contributed by atoms with Crippen molar-refractivity contribution in [2.75, 3.05) is 6.61 Å². The summed E-state index contributed by atoms with van der Waals surface area (Å²) in [5.41, 5.74) is 0.568. The van der Waals surface area contributed by atoms with Gasteiger partial charge in [0, 0.05) is 0 Å². The molecule has 0 aromatic carbocycles. The number of ketones is 2. The van der Waals surface area contributed by atoms with Crippen molar-refractivity contribution in [1.82, 2.24) is 0 Å². The number of carbonyl (C=O) groups excluding carboxylic acids is 2. The monoisotopic (exact) mass is 167 g/mol. The third-order valence-electron chi connectivity index (χ3n) is 1.50. The van der Waals surface area contributed by atoms with Crippen LogP contribution in [0.4, 0.5) is 0 Å². The Kier molecular flexibility index (Phi) is 2.38. The van der Waals surface area contributed by atoms with Gasteiger partial charge in [0.25, 0.3) is 0 Å². The molecule has 0 saturated carbocycles. The fraction of sp³-hybridized carbons (Fsp3) is 0.375. The van der Waals surface area contributed by atoms with Crippen LogP contribution >= 0.6 is 0 Å². The van der Waals surface area contributed by atoms with Gasteiger partial charge in [-0.25, -0.2) is 4.99 Å². The predicted octanol–water partition coefficient (Wildman–Crippen LogP) is 0.477. The largest absolute Gasteiger partial charge is 0.477 e. The molecule has 4 nitrogen and oxygen atoms in total. The molecule has 0 aromatic heterocycles. The number of hydrogen-bond acceptors (Lipinski definition) is 4. The zero-order chi connectivity index (χ0) is 9.14. The van der Waals surface area contributed by atoms with E-state index < -0.39 is 0 Å². The highest BCUT2D eigenvalue weighted by Gasteiger charge is 2.18. The Hall–Kier alpha value is -1.45. The SMILES string of the molecule is CC(=O)C(C(C)=O)=C1COC=N1. The number of aliphatic imine (C=N–C) groups is 1. The van der Waals surface area contributed by atoms with Crippen molar-refractivity contribution in [3.63, 3.8) is 0 Å². The van der Waals surface area contributed by atoms with Crippen molar-refractivity contribution in [1.29, 1.82) is 0 Å². The van der Waals surface area contributed by atoms with Crippen molar-refractivity contribution in [3.8, 4) is 0 Å². The number of rotatable bonds is 2. The van der Waals surface area contributed by atoms with E-state index in [0.29, 0.717) is 5.70 Å². The van der Waals surface area contributed by atoms with E-state index in [-0.39, 0.29) is 23.7 Å². The van der Waals surface area contributed by atoms with Crippen molar-refractivity contribution in [3.05, 3.63) is 11.3 Å². The van der Waals surface area contributed by atoms with Gasteiger partial charge < -0.3 is 4.74 Å². The average Bonchev–Trinajstić information content (AvgIpc) is 2.37. The molecule has 0 unspecified atom stereocenters. The van der Waals surface area contributed by atoms with Crippen molar-refractivity contribution < 1.29 is 14.3 Å². The summed E-state index contributed by atoms with van der Waals surface area (Å²) in [6.45, 7) is 2.91. The van der Waals surface area contributed by atoms with Crippen LogP contribution in [-0.2, 0) is 14.3 Å². The number of nitrogens with zero attached hydrogens (tertiary/aromatic N) is 1. The second-order valence-electron chi connectivity index (χ2n) is 2.48. The second kappa shape index (κ2) is 3.30. The first kappa shape index (κ1) is 8.64. The molecule has 0 radical (unpaired) electrons. The van der Waals surface area contributed by atoms with E-state index in [4.69, 9.17) is 4.74 Å². The van der Waals surface area contributed by atoms with Crippen LogP contribution in [0, 0.1) is 0 Å². The van der Waals surface area contributed by atoms with Crippen LogP contribution < -0.4 is 0 Å². The van der Waals surface area contributed by atoms with Crippen LogP contribution in [0.25, 0.3) is 0 Å². The van der Waals surface area contributed by atoms with E-state index in [0.717, 1.165) is 0 Å². The highest BCUT2D eigenvalue weighted by Crippen LogP contribution is 2.12. The zero-order valence-corrected chi connectivity index (χ0v) is 6.96. The lowest BCUT2D eigenvalue weighted by Gasteiger charge is -1.99. The topological polar surface area (TPSA) is 55.7 Å². The molecule has 64 valence electrons. The molecule has 0 aliphatic carbocycles. The minimum Gasteiger partial charge on any atom is -0.477 e. The summed E-state index contributed by atoms with van der Waals surface area (Å²) in [7, 11) is 0. The third kappa shape index (κ3) is 1.58. The summed E-state index contributed by atoms with van der Waals surface area (Å²) >= 11 is 0. The highest BCUT2D eigenvalue weighted by atomic mass is 16.5. The van der Waals surface area contributed by atoms with Crippen molar-refractivity contribution in [2.24, 2.45) is 4.99 Å².